The zero-order valence-corrected chi connectivity index (χ0v) is 16.2. The minimum atomic E-state index is -0.274. The Bertz CT molecular complexity index is 847. The Kier molecular flexibility index (Phi) is 6.01. The van der Waals surface area contributed by atoms with Crippen LogP contribution in [0.4, 0.5) is 11.4 Å². The third-order valence-corrected chi connectivity index (χ3v) is 4.40. The van der Waals surface area contributed by atoms with Crippen molar-refractivity contribution in [2.45, 2.75) is 26.7 Å². The summed E-state index contributed by atoms with van der Waals surface area (Å²) < 4.78 is 5.64. The first kappa shape index (κ1) is 19.2. The smallest absolute Gasteiger partial charge is 0.255 e. The number of ether oxygens (including phenoxy) is 1. The molecule has 0 aromatic heterocycles. The van der Waals surface area contributed by atoms with Gasteiger partial charge >= 0.3 is 0 Å². The van der Waals surface area contributed by atoms with Crippen LogP contribution in [0.15, 0.2) is 42.5 Å². The second kappa shape index (κ2) is 8.44. The maximum atomic E-state index is 12.5. The number of amides is 2. The summed E-state index contributed by atoms with van der Waals surface area (Å²) in [7, 11) is 0. The van der Waals surface area contributed by atoms with E-state index in [-0.39, 0.29) is 17.7 Å². The van der Waals surface area contributed by atoms with Gasteiger partial charge in [-0.05, 0) is 55.2 Å². The van der Waals surface area contributed by atoms with Gasteiger partial charge in [-0.3, -0.25) is 9.59 Å². The highest BCUT2D eigenvalue weighted by atomic mass is 35.5. The fourth-order valence-electron chi connectivity index (χ4n) is 2.48. The normalized spacial score (nSPS) is 13.3. The molecule has 0 unspecified atom stereocenters. The predicted octanol–water partition coefficient (Wildman–Crippen LogP) is 4.98. The predicted molar refractivity (Wildman–Crippen MR) is 108 cm³/mol. The van der Waals surface area contributed by atoms with Crippen molar-refractivity contribution in [2.24, 2.45) is 11.8 Å². The monoisotopic (exact) mass is 386 g/mol. The van der Waals surface area contributed by atoms with E-state index in [1.807, 2.05) is 0 Å². The van der Waals surface area contributed by atoms with Gasteiger partial charge in [-0.25, -0.2) is 0 Å². The van der Waals surface area contributed by atoms with Gasteiger partial charge in [0.1, 0.15) is 5.75 Å². The van der Waals surface area contributed by atoms with E-state index in [2.05, 4.69) is 24.5 Å². The van der Waals surface area contributed by atoms with E-state index in [0.29, 0.717) is 40.2 Å². The summed E-state index contributed by atoms with van der Waals surface area (Å²) in [5.74, 6) is 0.836. The summed E-state index contributed by atoms with van der Waals surface area (Å²) in [5, 5.41) is 6.10. The second-order valence-corrected chi connectivity index (χ2v) is 7.56. The summed E-state index contributed by atoms with van der Waals surface area (Å²) in [6.45, 7) is 4.69. The molecule has 2 aromatic carbocycles. The Balaban J connectivity index is 1.64. The van der Waals surface area contributed by atoms with E-state index in [9.17, 15) is 9.59 Å². The summed E-state index contributed by atoms with van der Waals surface area (Å²) in [4.78, 5) is 24.4. The lowest BCUT2D eigenvalue weighted by Gasteiger charge is -2.12. The van der Waals surface area contributed by atoms with Crippen molar-refractivity contribution in [3.63, 3.8) is 0 Å². The van der Waals surface area contributed by atoms with Gasteiger partial charge in [0.15, 0.2) is 0 Å². The van der Waals surface area contributed by atoms with Crippen LogP contribution in [0.3, 0.4) is 0 Å². The third-order valence-electron chi connectivity index (χ3n) is 4.10. The number of hydrogen-bond donors (Lipinski definition) is 2. The van der Waals surface area contributed by atoms with E-state index in [0.717, 1.165) is 12.8 Å². The number of hydrogen-bond acceptors (Lipinski definition) is 3. The van der Waals surface area contributed by atoms with Gasteiger partial charge in [0.25, 0.3) is 5.91 Å². The van der Waals surface area contributed by atoms with Gasteiger partial charge < -0.3 is 15.4 Å². The molecule has 27 heavy (non-hydrogen) atoms. The van der Waals surface area contributed by atoms with Crippen molar-refractivity contribution < 1.29 is 14.3 Å². The van der Waals surface area contributed by atoms with Gasteiger partial charge in [-0.15, -0.1) is 0 Å². The molecule has 1 aliphatic carbocycles. The van der Waals surface area contributed by atoms with Gasteiger partial charge in [0, 0.05) is 22.9 Å². The van der Waals surface area contributed by atoms with E-state index < -0.39 is 0 Å². The zero-order chi connectivity index (χ0) is 19.4. The Morgan fingerprint density at radius 1 is 1.11 bits per heavy atom. The van der Waals surface area contributed by atoms with Crippen LogP contribution in [0.2, 0.25) is 5.02 Å². The molecule has 0 heterocycles. The first-order valence-corrected chi connectivity index (χ1v) is 9.45. The molecule has 2 amide bonds. The van der Waals surface area contributed by atoms with Gasteiger partial charge in [-0.2, -0.15) is 0 Å². The molecule has 5 nitrogen and oxygen atoms in total. The fraction of sp³-hybridized carbons (Fsp3) is 0.333. The molecule has 3 rings (SSSR count). The number of benzene rings is 2. The molecule has 1 fully saturated rings. The minimum Gasteiger partial charge on any atom is -0.492 e. The Morgan fingerprint density at radius 2 is 1.85 bits per heavy atom. The van der Waals surface area contributed by atoms with Crippen LogP contribution in [0.25, 0.3) is 0 Å². The van der Waals surface area contributed by atoms with Crippen LogP contribution in [0.1, 0.15) is 37.0 Å². The first-order chi connectivity index (χ1) is 12.9. The molecule has 0 spiro atoms. The van der Waals surface area contributed by atoms with Gasteiger partial charge in [0.2, 0.25) is 5.91 Å². The molecular formula is C21H23ClN2O3. The maximum absolute atomic E-state index is 12.5. The van der Waals surface area contributed by atoms with Crippen LogP contribution in [0.5, 0.6) is 5.75 Å². The van der Waals surface area contributed by atoms with Crippen molar-refractivity contribution in [2.75, 3.05) is 17.2 Å². The van der Waals surface area contributed by atoms with E-state index in [1.54, 1.807) is 42.5 Å². The Hall–Kier alpha value is -2.53. The molecule has 2 aromatic rings. The van der Waals surface area contributed by atoms with Crippen molar-refractivity contribution in [1.29, 1.82) is 0 Å². The highest BCUT2D eigenvalue weighted by Crippen LogP contribution is 2.30. The average molecular weight is 387 g/mol. The first-order valence-electron chi connectivity index (χ1n) is 9.07. The van der Waals surface area contributed by atoms with Gasteiger partial charge in [0.05, 0.1) is 11.6 Å². The summed E-state index contributed by atoms with van der Waals surface area (Å²) in [6.07, 6.45) is 1.87. The van der Waals surface area contributed by atoms with Gasteiger partial charge in [-0.1, -0.05) is 31.5 Å². The molecule has 1 saturated carbocycles. The maximum Gasteiger partial charge on any atom is 0.255 e. The van der Waals surface area contributed by atoms with Crippen LogP contribution < -0.4 is 15.4 Å². The second-order valence-electron chi connectivity index (χ2n) is 7.15. The molecule has 2 N–H and O–H groups in total. The number of rotatable bonds is 7. The molecule has 0 atom stereocenters. The van der Waals surface area contributed by atoms with E-state index in [1.165, 1.54) is 0 Å². The SMILES string of the molecule is CC(C)COc1ccc(NC(=O)c2cccc(NC(=O)C3CC3)c2)cc1Cl. The van der Waals surface area contributed by atoms with Crippen molar-refractivity contribution >= 4 is 34.8 Å². The molecule has 142 valence electrons. The number of nitrogens with one attached hydrogen (secondary N) is 2. The molecule has 0 saturated heterocycles. The average Bonchev–Trinajstić information content (AvgIpc) is 3.46. The minimum absolute atomic E-state index is 0.0105. The quantitative estimate of drug-likeness (QED) is 0.705. The fourth-order valence-corrected chi connectivity index (χ4v) is 2.72. The molecule has 0 radical (unpaired) electrons. The number of halogens is 1. The van der Waals surface area contributed by atoms with Crippen molar-refractivity contribution in [3.05, 3.63) is 53.1 Å². The lowest BCUT2D eigenvalue weighted by molar-refractivity contribution is -0.117. The summed E-state index contributed by atoms with van der Waals surface area (Å²) in [5.41, 5.74) is 1.66. The van der Waals surface area contributed by atoms with E-state index >= 15 is 0 Å². The van der Waals surface area contributed by atoms with Crippen molar-refractivity contribution in [3.8, 4) is 5.75 Å². The lowest BCUT2D eigenvalue weighted by Crippen LogP contribution is -2.15. The Morgan fingerprint density at radius 3 is 2.52 bits per heavy atom. The van der Waals surface area contributed by atoms with Crippen LogP contribution >= 0.6 is 11.6 Å². The standard InChI is InChI=1S/C21H23ClN2O3/c1-13(2)12-27-19-9-8-17(11-18(19)22)24-21(26)15-4-3-5-16(10-15)23-20(25)14-6-7-14/h3-5,8-11,13-14H,6-7,12H2,1-2H3,(H,23,25)(H,24,26). The van der Waals surface area contributed by atoms with Crippen LogP contribution in [-0.2, 0) is 4.79 Å². The topological polar surface area (TPSA) is 67.4 Å². The number of carbonyl (C=O) groups excluding carboxylic acids is 2. The Labute approximate surface area is 164 Å². The van der Waals surface area contributed by atoms with E-state index in [4.69, 9.17) is 16.3 Å². The number of anilines is 2. The number of carbonyl (C=O) groups is 2. The zero-order valence-electron chi connectivity index (χ0n) is 15.4. The molecule has 0 bridgehead atoms. The molecule has 1 aliphatic rings. The molecule has 0 aliphatic heterocycles. The summed E-state index contributed by atoms with van der Waals surface area (Å²) >= 11 is 6.24. The molecular weight excluding hydrogens is 364 g/mol. The van der Waals surface area contributed by atoms with Crippen LogP contribution in [-0.4, -0.2) is 18.4 Å². The van der Waals surface area contributed by atoms with Crippen LogP contribution in [0, 0.1) is 11.8 Å². The molecule has 6 heteroatoms. The third kappa shape index (κ3) is 5.47. The lowest BCUT2D eigenvalue weighted by atomic mass is 10.1. The largest absolute Gasteiger partial charge is 0.492 e. The van der Waals surface area contributed by atoms with Crippen molar-refractivity contribution in [1.82, 2.24) is 0 Å². The highest BCUT2D eigenvalue weighted by Gasteiger charge is 2.29. The summed E-state index contributed by atoms with van der Waals surface area (Å²) in [6, 6.07) is 12.0. The highest BCUT2D eigenvalue weighted by molar-refractivity contribution is 6.32.